The second kappa shape index (κ2) is 8.99. The van der Waals surface area contributed by atoms with Gasteiger partial charge in [-0.1, -0.05) is 42.5 Å². The SMILES string of the molecule is O=C(Nc1cccc(-c2ccc(N3CCOCC3)nn2)c1)c1cc(-c2ccccc2)n[nH]1. The lowest BCUT2D eigenvalue weighted by Crippen LogP contribution is -2.36. The van der Waals surface area contributed by atoms with Crippen molar-refractivity contribution in [3.63, 3.8) is 0 Å². The molecule has 2 aromatic heterocycles. The normalized spacial score (nSPS) is 13.7. The molecule has 0 aliphatic carbocycles. The first kappa shape index (κ1) is 19.9. The van der Waals surface area contributed by atoms with Crippen molar-refractivity contribution in [2.45, 2.75) is 0 Å². The number of ether oxygens (including phenoxy) is 1. The number of morpholine rings is 1. The number of aromatic nitrogens is 4. The van der Waals surface area contributed by atoms with E-state index in [9.17, 15) is 4.79 Å². The van der Waals surface area contributed by atoms with E-state index in [0.29, 0.717) is 24.6 Å². The Morgan fingerprint density at radius 2 is 1.69 bits per heavy atom. The molecule has 8 nitrogen and oxygen atoms in total. The number of aromatic amines is 1. The third-order valence-corrected chi connectivity index (χ3v) is 5.29. The summed E-state index contributed by atoms with van der Waals surface area (Å²) in [6.45, 7) is 3.03. The van der Waals surface area contributed by atoms with Crippen LogP contribution in [0.25, 0.3) is 22.5 Å². The second-order valence-electron chi connectivity index (χ2n) is 7.44. The zero-order valence-electron chi connectivity index (χ0n) is 17.4. The van der Waals surface area contributed by atoms with Crippen molar-refractivity contribution >= 4 is 17.4 Å². The van der Waals surface area contributed by atoms with Gasteiger partial charge >= 0.3 is 0 Å². The van der Waals surface area contributed by atoms with Crippen LogP contribution in [0.5, 0.6) is 0 Å². The van der Waals surface area contributed by atoms with E-state index in [1.165, 1.54) is 0 Å². The maximum atomic E-state index is 12.7. The highest BCUT2D eigenvalue weighted by Crippen LogP contribution is 2.23. The van der Waals surface area contributed by atoms with E-state index in [2.05, 4.69) is 30.6 Å². The van der Waals surface area contributed by atoms with Gasteiger partial charge < -0.3 is 15.0 Å². The molecule has 5 rings (SSSR count). The highest BCUT2D eigenvalue weighted by atomic mass is 16.5. The first-order valence-corrected chi connectivity index (χ1v) is 10.5. The topological polar surface area (TPSA) is 96.0 Å². The average molecular weight is 426 g/mol. The Balaban J connectivity index is 1.29. The van der Waals surface area contributed by atoms with Crippen LogP contribution < -0.4 is 10.2 Å². The van der Waals surface area contributed by atoms with Crippen LogP contribution in [0.4, 0.5) is 11.5 Å². The summed E-state index contributed by atoms with van der Waals surface area (Å²) in [6.07, 6.45) is 0. The van der Waals surface area contributed by atoms with Gasteiger partial charge in [-0.3, -0.25) is 9.89 Å². The number of hydrogen-bond acceptors (Lipinski definition) is 6. The van der Waals surface area contributed by atoms with E-state index in [0.717, 1.165) is 41.4 Å². The van der Waals surface area contributed by atoms with Crippen molar-refractivity contribution in [2.75, 3.05) is 36.5 Å². The fraction of sp³-hybridized carbons (Fsp3) is 0.167. The monoisotopic (exact) mass is 426 g/mol. The molecule has 2 aromatic carbocycles. The lowest BCUT2D eigenvalue weighted by molar-refractivity contribution is 0.102. The van der Waals surface area contributed by atoms with Crippen LogP contribution in [-0.2, 0) is 4.74 Å². The van der Waals surface area contributed by atoms with Gasteiger partial charge in [0.2, 0.25) is 0 Å². The van der Waals surface area contributed by atoms with Gasteiger partial charge in [0.05, 0.1) is 24.6 Å². The molecule has 160 valence electrons. The van der Waals surface area contributed by atoms with Crippen LogP contribution in [0.15, 0.2) is 72.8 Å². The van der Waals surface area contributed by atoms with Crippen molar-refractivity contribution in [3.8, 4) is 22.5 Å². The van der Waals surface area contributed by atoms with Gasteiger partial charge in [-0.15, -0.1) is 10.2 Å². The molecule has 0 unspecified atom stereocenters. The standard InChI is InChI=1S/C24H22N6O2/c31-24(22-16-21(27-28-22)17-5-2-1-3-6-17)25-19-8-4-7-18(15-19)20-9-10-23(29-26-20)30-11-13-32-14-12-30/h1-10,15-16H,11-14H2,(H,25,31)(H,27,28). The van der Waals surface area contributed by atoms with Crippen LogP contribution in [0.1, 0.15) is 10.5 Å². The Morgan fingerprint density at radius 1 is 0.875 bits per heavy atom. The Kier molecular flexibility index (Phi) is 5.59. The number of amides is 1. The van der Waals surface area contributed by atoms with E-state index in [4.69, 9.17) is 4.74 Å². The Labute approximate surface area is 185 Å². The highest BCUT2D eigenvalue weighted by Gasteiger charge is 2.14. The van der Waals surface area contributed by atoms with Gasteiger partial charge in [-0.25, -0.2) is 0 Å². The molecule has 1 aliphatic heterocycles. The number of hydrogen-bond donors (Lipinski definition) is 2. The molecule has 0 spiro atoms. The molecule has 0 bridgehead atoms. The largest absolute Gasteiger partial charge is 0.378 e. The fourth-order valence-corrected chi connectivity index (χ4v) is 3.59. The van der Waals surface area contributed by atoms with Crippen molar-refractivity contribution < 1.29 is 9.53 Å². The number of H-pyrrole nitrogens is 1. The smallest absolute Gasteiger partial charge is 0.273 e. The molecule has 2 N–H and O–H groups in total. The van der Waals surface area contributed by atoms with Crippen LogP contribution >= 0.6 is 0 Å². The van der Waals surface area contributed by atoms with Gasteiger partial charge in [0.15, 0.2) is 5.82 Å². The zero-order chi connectivity index (χ0) is 21.8. The second-order valence-corrected chi connectivity index (χ2v) is 7.44. The molecule has 1 fully saturated rings. The number of carbonyl (C=O) groups excluding carboxylic acids is 1. The highest BCUT2D eigenvalue weighted by molar-refractivity contribution is 6.03. The van der Waals surface area contributed by atoms with Crippen LogP contribution in [0.2, 0.25) is 0 Å². The maximum absolute atomic E-state index is 12.7. The summed E-state index contributed by atoms with van der Waals surface area (Å²) in [5.74, 6) is 0.584. The van der Waals surface area contributed by atoms with E-state index < -0.39 is 0 Å². The van der Waals surface area contributed by atoms with Crippen LogP contribution in [-0.4, -0.2) is 52.6 Å². The number of nitrogens with zero attached hydrogens (tertiary/aromatic N) is 4. The molecule has 1 aliphatic rings. The van der Waals surface area contributed by atoms with Crippen LogP contribution in [0, 0.1) is 0 Å². The number of benzene rings is 2. The first-order chi connectivity index (χ1) is 15.8. The lowest BCUT2D eigenvalue weighted by atomic mass is 10.1. The fourth-order valence-electron chi connectivity index (χ4n) is 3.59. The molecule has 8 heteroatoms. The number of carbonyl (C=O) groups is 1. The summed E-state index contributed by atoms with van der Waals surface area (Å²) in [4.78, 5) is 14.9. The molecule has 1 amide bonds. The molecule has 4 aromatic rings. The van der Waals surface area contributed by atoms with Gasteiger partial charge in [0, 0.05) is 29.9 Å². The number of anilines is 2. The van der Waals surface area contributed by atoms with Gasteiger partial charge in [0.25, 0.3) is 5.91 Å². The molecule has 1 saturated heterocycles. The van der Waals surface area contributed by atoms with Crippen molar-refractivity contribution in [2.24, 2.45) is 0 Å². The van der Waals surface area contributed by atoms with Gasteiger partial charge in [-0.2, -0.15) is 5.10 Å². The van der Waals surface area contributed by atoms with Crippen molar-refractivity contribution in [1.29, 1.82) is 0 Å². The number of rotatable bonds is 5. The summed E-state index contributed by atoms with van der Waals surface area (Å²) in [5.41, 5.74) is 4.35. The summed E-state index contributed by atoms with van der Waals surface area (Å²) >= 11 is 0. The Hall–Kier alpha value is -4.04. The van der Waals surface area contributed by atoms with Crippen molar-refractivity contribution in [3.05, 3.63) is 78.5 Å². The van der Waals surface area contributed by atoms with E-state index in [1.54, 1.807) is 6.07 Å². The van der Waals surface area contributed by atoms with Crippen LogP contribution in [0.3, 0.4) is 0 Å². The minimum absolute atomic E-state index is 0.259. The summed E-state index contributed by atoms with van der Waals surface area (Å²) in [7, 11) is 0. The predicted octanol–water partition coefficient (Wildman–Crippen LogP) is 3.62. The van der Waals surface area contributed by atoms with Gasteiger partial charge in [0.1, 0.15) is 5.69 Å². The third-order valence-electron chi connectivity index (χ3n) is 5.29. The zero-order valence-corrected chi connectivity index (χ0v) is 17.4. The summed E-state index contributed by atoms with van der Waals surface area (Å²) < 4.78 is 5.38. The molecule has 3 heterocycles. The maximum Gasteiger partial charge on any atom is 0.273 e. The Morgan fingerprint density at radius 3 is 2.47 bits per heavy atom. The Bertz CT molecular complexity index is 1200. The third kappa shape index (κ3) is 4.35. The summed E-state index contributed by atoms with van der Waals surface area (Å²) in [5, 5.41) is 18.7. The average Bonchev–Trinajstić information content (AvgIpc) is 3.36. The molecule has 32 heavy (non-hydrogen) atoms. The minimum Gasteiger partial charge on any atom is -0.378 e. The first-order valence-electron chi connectivity index (χ1n) is 10.5. The summed E-state index contributed by atoms with van der Waals surface area (Å²) in [6, 6.07) is 22.9. The predicted molar refractivity (Wildman–Crippen MR) is 122 cm³/mol. The van der Waals surface area contributed by atoms with E-state index in [-0.39, 0.29) is 5.91 Å². The molecule has 0 saturated carbocycles. The molecule has 0 radical (unpaired) electrons. The van der Waals surface area contributed by atoms with Gasteiger partial charge in [-0.05, 0) is 30.3 Å². The molecular weight excluding hydrogens is 404 g/mol. The lowest BCUT2D eigenvalue weighted by Gasteiger charge is -2.27. The molecular formula is C24H22N6O2. The van der Waals surface area contributed by atoms with E-state index >= 15 is 0 Å². The number of nitrogens with one attached hydrogen (secondary N) is 2. The van der Waals surface area contributed by atoms with E-state index in [1.807, 2.05) is 66.7 Å². The quantitative estimate of drug-likeness (QED) is 0.506. The minimum atomic E-state index is -0.259. The molecule has 0 atom stereocenters. The van der Waals surface area contributed by atoms with Crippen molar-refractivity contribution in [1.82, 2.24) is 20.4 Å².